The third kappa shape index (κ3) is 4.59. The smallest absolute Gasteiger partial charge is 0.325 e. The maximum absolute atomic E-state index is 13.4. The number of hydrogen-bond donors (Lipinski definition) is 2. The molecule has 6 nitrogen and oxygen atoms in total. The van der Waals surface area contributed by atoms with E-state index in [4.69, 9.17) is 16.3 Å². The molecule has 2 aromatic carbocycles. The van der Waals surface area contributed by atoms with Crippen molar-refractivity contribution in [2.45, 2.75) is 41.9 Å². The van der Waals surface area contributed by atoms with Gasteiger partial charge in [-0.1, -0.05) is 60.1 Å². The lowest BCUT2D eigenvalue weighted by atomic mass is 9.86. The highest BCUT2D eigenvalue weighted by Gasteiger charge is 2.74. The molecule has 2 aromatic rings. The maximum Gasteiger partial charge on any atom is 0.325 e. The Morgan fingerprint density at radius 1 is 1.21 bits per heavy atom. The van der Waals surface area contributed by atoms with E-state index in [-0.39, 0.29) is 15.9 Å². The normalized spacial score (nSPS) is 26.7. The molecular weight excluding hydrogens is 482 g/mol. The van der Waals surface area contributed by atoms with Crippen molar-refractivity contribution >= 4 is 39.4 Å². The average Bonchev–Trinajstić information content (AvgIpc) is 3.17. The van der Waals surface area contributed by atoms with Gasteiger partial charge in [-0.15, -0.1) is 11.8 Å². The molecule has 1 aliphatic heterocycles. The molecule has 1 heterocycles. The van der Waals surface area contributed by atoms with E-state index >= 15 is 0 Å². The van der Waals surface area contributed by atoms with Gasteiger partial charge in [0.1, 0.15) is 9.78 Å². The van der Waals surface area contributed by atoms with E-state index in [0.717, 1.165) is 11.1 Å². The zero-order valence-corrected chi connectivity index (χ0v) is 20.5. The minimum atomic E-state index is -4.02. The molecule has 0 spiro atoms. The van der Waals surface area contributed by atoms with Crippen molar-refractivity contribution in [3.63, 3.8) is 0 Å². The molecule has 1 fully saturated rings. The number of aliphatic carboxylic acids is 1. The molecule has 3 unspecified atom stereocenters. The van der Waals surface area contributed by atoms with Crippen molar-refractivity contribution in [1.29, 1.82) is 0 Å². The molecule has 0 bridgehead atoms. The van der Waals surface area contributed by atoms with Crippen LogP contribution in [0.5, 0.6) is 0 Å². The van der Waals surface area contributed by atoms with Crippen LogP contribution in [0.3, 0.4) is 0 Å². The molecule has 0 amide bonds. The van der Waals surface area contributed by atoms with Gasteiger partial charge in [-0.05, 0) is 48.9 Å². The lowest BCUT2D eigenvalue weighted by molar-refractivity contribution is -0.140. The molecule has 3 atom stereocenters. The summed E-state index contributed by atoms with van der Waals surface area (Å²) >= 11 is 7.19. The number of allylic oxidation sites excluding steroid dienone is 1. The summed E-state index contributed by atoms with van der Waals surface area (Å²) < 4.78 is 34.7. The molecule has 0 radical (unpaired) electrons. The number of carboxylic acid groups (broad SMARTS) is 1. The molecule has 2 N–H and O–H groups in total. The number of nitrogens with one attached hydrogen (secondary N) is 1. The van der Waals surface area contributed by atoms with Gasteiger partial charge < -0.3 is 9.84 Å². The number of rotatable bonds is 10. The van der Waals surface area contributed by atoms with E-state index in [9.17, 15) is 18.3 Å². The standard InChI is InChI=1S/C24H26ClNO5S2/c1-31-15-5-14-23(18-6-3-2-4-7-18)16-24(23,22(27)28)26-33(29,30)21-13-12-20(32-21)17-8-10-19(25)11-9-17/h2-4,6-11,13,20,26H,5,12,14-16H2,1H3,(H,27,28). The summed E-state index contributed by atoms with van der Waals surface area (Å²) in [6.07, 6.45) is 3.53. The Morgan fingerprint density at radius 2 is 1.91 bits per heavy atom. The Hall–Kier alpha value is -1.84. The molecule has 0 saturated heterocycles. The highest BCUT2D eigenvalue weighted by atomic mass is 35.5. The number of carbonyl (C=O) groups is 1. The summed E-state index contributed by atoms with van der Waals surface area (Å²) in [6, 6.07) is 16.6. The fraction of sp³-hybridized carbons (Fsp3) is 0.375. The minimum Gasteiger partial charge on any atom is -0.480 e. The van der Waals surface area contributed by atoms with E-state index < -0.39 is 26.9 Å². The van der Waals surface area contributed by atoms with E-state index in [1.165, 1.54) is 11.8 Å². The van der Waals surface area contributed by atoms with Crippen LogP contribution in [0.15, 0.2) is 64.9 Å². The van der Waals surface area contributed by atoms with Crippen molar-refractivity contribution in [2.24, 2.45) is 0 Å². The van der Waals surface area contributed by atoms with Gasteiger partial charge in [-0.2, -0.15) is 4.72 Å². The third-order valence-electron chi connectivity index (χ3n) is 6.47. The van der Waals surface area contributed by atoms with E-state index in [2.05, 4.69) is 4.72 Å². The number of methoxy groups -OCH3 is 1. The Kier molecular flexibility index (Phi) is 6.94. The van der Waals surface area contributed by atoms with Gasteiger partial charge in [-0.25, -0.2) is 8.42 Å². The maximum atomic E-state index is 13.4. The fourth-order valence-electron chi connectivity index (χ4n) is 4.71. The predicted molar refractivity (Wildman–Crippen MR) is 131 cm³/mol. The second-order valence-corrected chi connectivity index (χ2v) is 12.0. The van der Waals surface area contributed by atoms with Crippen LogP contribution < -0.4 is 4.72 Å². The quantitative estimate of drug-likeness (QED) is 0.446. The van der Waals surface area contributed by atoms with Gasteiger partial charge >= 0.3 is 5.97 Å². The van der Waals surface area contributed by atoms with Gasteiger partial charge in [0.15, 0.2) is 0 Å². The molecule has 4 rings (SSSR count). The summed E-state index contributed by atoms with van der Waals surface area (Å²) in [5, 5.41) is 10.8. The fourth-order valence-corrected chi connectivity index (χ4v) is 8.00. The molecule has 33 heavy (non-hydrogen) atoms. The van der Waals surface area contributed by atoms with Crippen LogP contribution in [-0.4, -0.2) is 38.7 Å². The van der Waals surface area contributed by atoms with Gasteiger partial charge in [0.05, 0.1) is 0 Å². The molecule has 1 aliphatic carbocycles. The SMILES string of the molecule is COCCCC1(c2ccccc2)CC1(NS(=O)(=O)C1=CCC(c2ccc(Cl)cc2)S1)C(=O)O. The van der Waals surface area contributed by atoms with Crippen molar-refractivity contribution in [1.82, 2.24) is 4.72 Å². The predicted octanol–water partition coefficient (Wildman–Crippen LogP) is 4.87. The van der Waals surface area contributed by atoms with Gasteiger partial charge in [-0.3, -0.25) is 4.79 Å². The average molecular weight is 508 g/mol. The van der Waals surface area contributed by atoms with Crippen LogP contribution in [0.4, 0.5) is 0 Å². The Bertz CT molecular complexity index is 1150. The minimum absolute atomic E-state index is 0.0607. The first-order valence-corrected chi connectivity index (χ1v) is 13.4. The van der Waals surface area contributed by atoms with Crippen LogP contribution >= 0.6 is 23.4 Å². The Labute approximate surface area is 203 Å². The number of ether oxygens (including phenoxy) is 1. The zero-order valence-electron chi connectivity index (χ0n) is 18.2. The molecule has 1 saturated carbocycles. The number of sulfonamides is 1. The van der Waals surface area contributed by atoms with Crippen LogP contribution in [0, 0.1) is 0 Å². The highest BCUT2D eigenvalue weighted by molar-refractivity contribution is 8.18. The van der Waals surface area contributed by atoms with Crippen molar-refractivity contribution in [3.05, 3.63) is 81.1 Å². The number of halogens is 1. The van der Waals surface area contributed by atoms with Crippen LogP contribution in [0.2, 0.25) is 5.02 Å². The van der Waals surface area contributed by atoms with Crippen molar-refractivity contribution in [2.75, 3.05) is 13.7 Å². The number of hydrogen-bond acceptors (Lipinski definition) is 5. The molecule has 9 heteroatoms. The van der Waals surface area contributed by atoms with Crippen LogP contribution in [0.1, 0.15) is 42.1 Å². The molecule has 0 aromatic heterocycles. The van der Waals surface area contributed by atoms with E-state index in [1.54, 1.807) is 25.3 Å². The second kappa shape index (κ2) is 9.43. The first-order chi connectivity index (χ1) is 15.7. The first-order valence-electron chi connectivity index (χ1n) is 10.7. The van der Waals surface area contributed by atoms with Crippen LogP contribution in [0.25, 0.3) is 0 Å². The number of thioether (sulfide) groups is 1. The topological polar surface area (TPSA) is 92.7 Å². The van der Waals surface area contributed by atoms with Crippen LogP contribution in [-0.2, 0) is 25.0 Å². The highest BCUT2D eigenvalue weighted by Crippen LogP contribution is 2.61. The van der Waals surface area contributed by atoms with E-state index in [1.807, 2.05) is 42.5 Å². The number of benzene rings is 2. The van der Waals surface area contributed by atoms with Gasteiger partial charge in [0, 0.05) is 29.4 Å². The summed E-state index contributed by atoms with van der Waals surface area (Å²) in [5.41, 5.74) is -0.632. The van der Waals surface area contributed by atoms with Gasteiger partial charge in [0.2, 0.25) is 10.0 Å². The lowest BCUT2D eigenvalue weighted by Crippen LogP contribution is -2.49. The Morgan fingerprint density at radius 3 is 2.55 bits per heavy atom. The molecule has 176 valence electrons. The molecule has 2 aliphatic rings. The molecular formula is C24H26ClNO5S2. The Balaban J connectivity index is 1.58. The second-order valence-electron chi connectivity index (χ2n) is 8.45. The summed E-state index contributed by atoms with van der Waals surface area (Å²) in [4.78, 5) is 12.5. The monoisotopic (exact) mass is 507 g/mol. The van der Waals surface area contributed by atoms with Crippen molar-refractivity contribution < 1.29 is 23.1 Å². The summed E-state index contributed by atoms with van der Waals surface area (Å²) in [5.74, 6) is -1.16. The number of carboxylic acids is 1. The zero-order chi connectivity index (χ0) is 23.7. The first kappa shape index (κ1) is 24.3. The van der Waals surface area contributed by atoms with Gasteiger partial charge in [0.25, 0.3) is 0 Å². The van der Waals surface area contributed by atoms with Crippen molar-refractivity contribution in [3.8, 4) is 0 Å². The van der Waals surface area contributed by atoms with E-state index in [0.29, 0.717) is 30.9 Å². The lowest BCUT2D eigenvalue weighted by Gasteiger charge is -2.25. The third-order valence-corrected chi connectivity index (χ3v) is 10.1. The summed E-state index contributed by atoms with van der Waals surface area (Å²) in [6.45, 7) is 0.473. The largest absolute Gasteiger partial charge is 0.480 e. The summed E-state index contributed by atoms with van der Waals surface area (Å²) in [7, 11) is -2.43.